The van der Waals surface area contributed by atoms with Gasteiger partial charge in [-0.1, -0.05) is 12.1 Å². The zero-order chi connectivity index (χ0) is 15.3. The second-order valence-electron chi connectivity index (χ2n) is 8.19. The second-order valence-corrected chi connectivity index (χ2v) is 8.19. The van der Waals surface area contributed by atoms with Crippen LogP contribution in [0.15, 0.2) is 43.0 Å². The summed E-state index contributed by atoms with van der Waals surface area (Å²) in [7, 11) is 0. The maximum atomic E-state index is 4.11. The third-order valence-electron chi connectivity index (χ3n) is 6.44. The van der Waals surface area contributed by atoms with Crippen LogP contribution in [0.5, 0.6) is 0 Å². The van der Waals surface area contributed by atoms with Gasteiger partial charge in [-0.05, 0) is 74.0 Å². The van der Waals surface area contributed by atoms with Crippen LogP contribution in [0.1, 0.15) is 44.1 Å². The highest BCUT2D eigenvalue weighted by molar-refractivity contribution is 5.34. The minimum Gasteiger partial charge on any atom is -0.307 e. The van der Waals surface area contributed by atoms with E-state index in [0.29, 0.717) is 5.54 Å². The first-order valence-corrected chi connectivity index (χ1v) is 9.10. The van der Waals surface area contributed by atoms with Gasteiger partial charge in [-0.2, -0.15) is 0 Å². The van der Waals surface area contributed by atoms with Gasteiger partial charge in [-0.15, -0.1) is 0 Å². The minimum atomic E-state index is 0.456. The molecule has 1 heterocycles. The van der Waals surface area contributed by atoms with Crippen LogP contribution in [0.4, 0.5) is 0 Å². The summed E-state index contributed by atoms with van der Waals surface area (Å²) in [4.78, 5) is 4.11. The van der Waals surface area contributed by atoms with E-state index >= 15 is 0 Å². The van der Waals surface area contributed by atoms with E-state index in [1.54, 1.807) is 0 Å². The number of benzene rings is 1. The molecule has 0 radical (unpaired) electrons. The first kappa shape index (κ1) is 13.8. The lowest BCUT2D eigenvalue weighted by atomic mass is 9.53. The van der Waals surface area contributed by atoms with Gasteiger partial charge >= 0.3 is 0 Å². The highest BCUT2D eigenvalue weighted by Crippen LogP contribution is 2.55. The van der Waals surface area contributed by atoms with Gasteiger partial charge in [-0.25, -0.2) is 4.98 Å². The lowest BCUT2D eigenvalue weighted by Gasteiger charge is -2.57. The van der Waals surface area contributed by atoms with Crippen LogP contribution in [0.3, 0.4) is 0 Å². The first-order chi connectivity index (χ1) is 11.3. The van der Waals surface area contributed by atoms with Crippen molar-refractivity contribution in [1.29, 1.82) is 0 Å². The average molecular weight is 307 g/mol. The fraction of sp³-hybridized carbons (Fsp3) is 0.550. The summed E-state index contributed by atoms with van der Waals surface area (Å²) < 4.78 is 2.05. The molecule has 1 aromatic heterocycles. The fourth-order valence-corrected chi connectivity index (χ4v) is 5.81. The second kappa shape index (κ2) is 5.20. The van der Waals surface area contributed by atoms with Gasteiger partial charge in [0.05, 0.1) is 6.33 Å². The average Bonchev–Trinajstić information content (AvgIpc) is 3.07. The van der Waals surface area contributed by atoms with E-state index in [0.717, 1.165) is 24.3 Å². The largest absolute Gasteiger partial charge is 0.307 e. The molecule has 0 spiro atoms. The molecule has 0 unspecified atom stereocenters. The molecule has 4 fully saturated rings. The predicted molar refractivity (Wildman–Crippen MR) is 91.3 cm³/mol. The molecule has 0 amide bonds. The zero-order valence-corrected chi connectivity index (χ0v) is 13.6. The van der Waals surface area contributed by atoms with Gasteiger partial charge in [0.1, 0.15) is 0 Å². The molecule has 3 nitrogen and oxygen atoms in total. The molecule has 4 bridgehead atoms. The summed E-state index contributed by atoms with van der Waals surface area (Å²) in [5.74, 6) is 3.03. The Morgan fingerprint density at radius 2 is 1.65 bits per heavy atom. The lowest BCUT2D eigenvalue weighted by molar-refractivity contribution is -0.0206. The van der Waals surface area contributed by atoms with Crippen LogP contribution in [0, 0.1) is 17.8 Å². The predicted octanol–water partition coefficient (Wildman–Crippen LogP) is 3.93. The number of imidazole rings is 1. The Morgan fingerprint density at radius 1 is 1.00 bits per heavy atom. The van der Waals surface area contributed by atoms with Gasteiger partial charge in [0, 0.05) is 30.2 Å². The lowest BCUT2D eigenvalue weighted by Crippen LogP contribution is -2.58. The Labute approximate surface area is 138 Å². The van der Waals surface area contributed by atoms with Crippen molar-refractivity contribution in [3.8, 4) is 5.69 Å². The van der Waals surface area contributed by atoms with E-state index in [2.05, 4.69) is 39.1 Å². The normalized spacial score (nSPS) is 34.9. The molecule has 1 aromatic carbocycles. The Kier molecular flexibility index (Phi) is 3.12. The van der Waals surface area contributed by atoms with Crippen molar-refractivity contribution in [2.45, 2.75) is 50.6 Å². The summed E-state index contributed by atoms with van der Waals surface area (Å²) in [6.07, 6.45) is 14.5. The maximum Gasteiger partial charge on any atom is 0.0991 e. The molecular weight excluding hydrogens is 282 g/mol. The van der Waals surface area contributed by atoms with Crippen LogP contribution < -0.4 is 5.32 Å². The summed E-state index contributed by atoms with van der Waals surface area (Å²) >= 11 is 0. The molecule has 0 saturated heterocycles. The van der Waals surface area contributed by atoms with E-state index in [1.165, 1.54) is 49.8 Å². The number of hydrogen-bond acceptors (Lipinski definition) is 2. The van der Waals surface area contributed by atoms with E-state index in [9.17, 15) is 0 Å². The van der Waals surface area contributed by atoms with Crippen molar-refractivity contribution < 1.29 is 0 Å². The molecule has 4 aliphatic carbocycles. The summed E-state index contributed by atoms with van der Waals surface area (Å²) in [6, 6.07) is 8.89. The summed E-state index contributed by atoms with van der Waals surface area (Å²) in [6.45, 7) is 1.01. The Hall–Kier alpha value is -1.61. The van der Waals surface area contributed by atoms with Crippen molar-refractivity contribution in [2.24, 2.45) is 17.8 Å². The molecule has 4 saturated carbocycles. The first-order valence-electron chi connectivity index (χ1n) is 9.10. The van der Waals surface area contributed by atoms with Gasteiger partial charge in [0.2, 0.25) is 0 Å². The quantitative estimate of drug-likeness (QED) is 0.927. The Morgan fingerprint density at radius 3 is 2.22 bits per heavy atom. The monoisotopic (exact) mass is 307 g/mol. The third-order valence-corrected chi connectivity index (χ3v) is 6.44. The number of nitrogens with one attached hydrogen (secondary N) is 1. The van der Waals surface area contributed by atoms with Crippen molar-refractivity contribution >= 4 is 0 Å². The molecule has 1 N–H and O–H groups in total. The van der Waals surface area contributed by atoms with Crippen molar-refractivity contribution in [3.63, 3.8) is 0 Å². The fourth-order valence-electron chi connectivity index (χ4n) is 5.81. The van der Waals surface area contributed by atoms with E-state index in [-0.39, 0.29) is 0 Å². The smallest absolute Gasteiger partial charge is 0.0991 e. The van der Waals surface area contributed by atoms with E-state index in [4.69, 9.17) is 0 Å². The minimum absolute atomic E-state index is 0.456. The molecule has 0 atom stereocenters. The third kappa shape index (κ3) is 2.51. The standard InChI is InChI=1S/C20H25N3/c1-3-19(23-6-5-21-14-23)4-2-15(1)13-22-20-10-16-7-17(11-20)9-18(8-16)12-20/h1-6,14,16-18,22H,7-13H2. The van der Waals surface area contributed by atoms with Crippen LogP contribution in [0.2, 0.25) is 0 Å². The number of nitrogens with zero attached hydrogens (tertiary/aromatic N) is 2. The van der Waals surface area contributed by atoms with Crippen LogP contribution in [0.25, 0.3) is 5.69 Å². The number of hydrogen-bond donors (Lipinski definition) is 1. The van der Waals surface area contributed by atoms with Crippen molar-refractivity contribution in [1.82, 2.24) is 14.9 Å². The van der Waals surface area contributed by atoms with E-state index in [1.807, 2.05) is 18.7 Å². The van der Waals surface area contributed by atoms with Crippen molar-refractivity contribution in [3.05, 3.63) is 48.5 Å². The van der Waals surface area contributed by atoms with Crippen molar-refractivity contribution in [2.75, 3.05) is 0 Å². The van der Waals surface area contributed by atoms with E-state index < -0.39 is 0 Å². The SMILES string of the molecule is c1cn(-c2ccc(CNC34CC5CC(CC(C5)C3)C4)cc2)cn1. The van der Waals surface area contributed by atoms with Crippen LogP contribution in [-0.4, -0.2) is 15.1 Å². The highest BCUT2D eigenvalue weighted by atomic mass is 15.0. The highest BCUT2D eigenvalue weighted by Gasteiger charge is 2.50. The molecule has 23 heavy (non-hydrogen) atoms. The molecule has 4 aliphatic rings. The molecule has 0 aliphatic heterocycles. The maximum absolute atomic E-state index is 4.11. The molecule has 2 aromatic rings. The van der Waals surface area contributed by atoms with Crippen LogP contribution in [-0.2, 0) is 6.54 Å². The molecule has 120 valence electrons. The number of aromatic nitrogens is 2. The summed E-state index contributed by atoms with van der Waals surface area (Å²) in [5.41, 5.74) is 3.03. The van der Waals surface area contributed by atoms with Gasteiger partial charge in [0.15, 0.2) is 0 Å². The van der Waals surface area contributed by atoms with Gasteiger partial charge in [-0.3, -0.25) is 0 Å². The Balaban J connectivity index is 1.28. The topological polar surface area (TPSA) is 29.9 Å². The summed E-state index contributed by atoms with van der Waals surface area (Å²) in [5, 5.41) is 3.98. The Bertz CT molecular complexity index is 636. The molecule has 3 heteroatoms. The zero-order valence-electron chi connectivity index (χ0n) is 13.6. The number of rotatable bonds is 4. The molecular formula is C20H25N3. The molecule has 6 rings (SSSR count). The van der Waals surface area contributed by atoms with Crippen LogP contribution >= 0.6 is 0 Å². The van der Waals surface area contributed by atoms with Gasteiger partial charge in [0.25, 0.3) is 0 Å². The van der Waals surface area contributed by atoms with Gasteiger partial charge < -0.3 is 9.88 Å².